The Morgan fingerprint density at radius 1 is 1.06 bits per heavy atom. The van der Waals surface area contributed by atoms with Gasteiger partial charge in [0.2, 0.25) is 5.91 Å². The van der Waals surface area contributed by atoms with Gasteiger partial charge in [-0.1, -0.05) is 12.1 Å². The van der Waals surface area contributed by atoms with Crippen molar-refractivity contribution >= 4 is 29.1 Å². The molecule has 1 aliphatic heterocycles. The zero-order chi connectivity index (χ0) is 23.5. The van der Waals surface area contributed by atoms with E-state index in [9.17, 15) is 27.6 Å². The SMILES string of the molecule is CC(C)NC(=O)C(=O)N1CCN(C(=O)Cc2csc(-c3ccc(C(F)(F)F)cc3)n2)CC1. The zero-order valence-electron chi connectivity index (χ0n) is 17.6. The number of nitrogens with zero attached hydrogens (tertiary/aromatic N) is 3. The average molecular weight is 469 g/mol. The maximum absolute atomic E-state index is 12.7. The molecule has 7 nitrogen and oxygen atoms in total. The van der Waals surface area contributed by atoms with Crippen LogP contribution in [0.2, 0.25) is 0 Å². The van der Waals surface area contributed by atoms with Gasteiger partial charge in [0.15, 0.2) is 0 Å². The summed E-state index contributed by atoms with van der Waals surface area (Å²) in [7, 11) is 0. The quantitative estimate of drug-likeness (QED) is 0.700. The summed E-state index contributed by atoms with van der Waals surface area (Å²) in [6.45, 7) is 4.70. The van der Waals surface area contributed by atoms with Crippen LogP contribution in [0.4, 0.5) is 13.2 Å². The van der Waals surface area contributed by atoms with Crippen molar-refractivity contribution in [3.05, 3.63) is 40.9 Å². The molecule has 1 aliphatic rings. The Kier molecular flexibility index (Phi) is 7.17. The van der Waals surface area contributed by atoms with Gasteiger partial charge in [0.1, 0.15) is 5.01 Å². The number of thiazole rings is 1. The van der Waals surface area contributed by atoms with Crippen LogP contribution < -0.4 is 5.32 Å². The van der Waals surface area contributed by atoms with Crippen LogP contribution in [0.1, 0.15) is 25.1 Å². The lowest BCUT2D eigenvalue weighted by molar-refractivity contribution is -0.148. The standard InChI is InChI=1S/C21H23F3N4O3S/c1-13(2)25-18(30)20(31)28-9-7-27(8-10-28)17(29)11-16-12-32-19(26-16)14-3-5-15(6-4-14)21(22,23)24/h3-6,12-13H,7-11H2,1-2H3,(H,25,30). The molecule has 0 spiro atoms. The minimum Gasteiger partial charge on any atom is -0.346 e. The molecule has 1 N–H and O–H groups in total. The number of carbonyl (C=O) groups is 3. The van der Waals surface area contributed by atoms with E-state index in [2.05, 4.69) is 10.3 Å². The van der Waals surface area contributed by atoms with Gasteiger partial charge in [-0.2, -0.15) is 13.2 Å². The number of piperazine rings is 1. The van der Waals surface area contributed by atoms with E-state index in [1.807, 2.05) is 0 Å². The molecular weight excluding hydrogens is 445 g/mol. The Morgan fingerprint density at radius 3 is 2.22 bits per heavy atom. The molecule has 1 saturated heterocycles. The fourth-order valence-electron chi connectivity index (χ4n) is 3.22. The first-order chi connectivity index (χ1) is 15.0. The number of carbonyl (C=O) groups excluding carboxylic acids is 3. The maximum atomic E-state index is 12.7. The number of rotatable bonds is 4. The summed E-state index contributed by atoms with van der Waals surface area (Å²) in [5.74, 6) is -1.42. The minimum atomic E-state index is -4.40. The van der Waals surface area contributed by atoms with Crippen molar-refractivity contribution in [1.29, 1.82) is 0 Å². The number of hydrogen-bond donors (Lipinski definition) is 1. The molecular formula is C21H23F3N4O3S. The van der Waals surface area contributed by atoms with Gasteiger partial charge in [0, 0.05) is 43.2 Å². The lowest BCUT2D eigenvalue weighted by Crippen LogP contribution is -2.54. The molecule has 32 heavy (non-hydrogen) atoms. The van der Waals surface area contributed by atoms with Crippen LogP contribution in [0, 0.1) is 0 Å². The highest BCUT2D eigenvalue weighted by Crippen LogP contribution is 2.31. The molecule has 0 unspecified atom stereocenters. The Bertz CT molecular complexity index is 981. The van der Waals surface area contributed by atoms with E-state index in [0.717, 1.165) is 12.1 Å². The summed E-state index contributed by atoms with van der Waals surface area (Å²) in [4.78, 5) is 44.0. The third-order valence-electron chi connectivity index (χ3n) is 4.88. The highest BCUT2D eigenvalue weighted by Gasteiger charge is 2.30. The molecule has 1 fully saturated rings. The zero-order valence-corrected chi connectivity index (χ0v) is 18.4. The van der Waals surface area contributed by atoms with Gasteiger partial charge < -0.3 is 15.1 Å². The topological polar surface area (TPSA) is 82.6 Å². The van der Waals surface area contributed by atoms with Crippen molar-refractivity contribution < 1.29 is 27.6 Å². The second kappa shape index (κ2) is 9.68. The van der Waals surface area contributed by atoms with E-state index in [1.54, 1.807) is 24.1 Å². The molecule has 11 heteroatoms. The summed E-state index contributed by atoms with van der Waals surface area (Å²) >= 11 is 1.26. The van der Waals surface area contributed by atoms with Crippen molar-refractivity contribution in [3.63, 3.8) is 0 Å². The van der Waals surface area contributed by atoms with Crippen molar-refractivity contribution in [2.75, 3.05) is 26.2 Å². The van der Waals surface area contributed by atoms with Crippen molar-refractivity contribution in [2.45, 2.75) is 32.5 Å². The molecule has 172 valence electrons. The van der Waals surface area contributed by atoms with Crippen LogP contribution in [0.15, 0.2) is 29.6 Å². The lowest BCUT2D eigenvalue weighted by Gasteiger charge is -2.34. The molecule has 0 atom stereocenters. The summed E-state index contributed by atoms with van der Waals surface area (Å²) in [6, 6.07) is 4.59. The summed E-state index contributed by atoms with van der Waals surface area (Å²) < 4.78 is 38.1. The first-order valence-corrected chi connectivity index (χ1v) is 10.9. The van der Waals surface area contributed by atoms with E-state index in [1.165, 1.54) is 28.4 Å². The van der Waals surface area contributed by atoms with Crippen LogP contribution in [-0.2, 0) is 27.0 Å². The summed E-state index contributed by atoms with van der Waals surface area (Å²) in [6.07, 6.45) is -4.34. The van der Waals surface area contributed by atoms with Gasteiger partial charge in [0.05, 0.1) is 17.7 Å². The Balaban J connectivity index is 1.54. The fraction of sp³-hybridized carbons (Fsp3) is 0.429. The fourth-order valence-corrected chi connectivity index (χ4v) is 4.04. The van der Waals surface area contributed by atoms with E-state index < -0.39 is 23.6 Å². The molecule has 0 aliphatic carbocycles. The molecule has 3 amide bonds. The van der Waals surface area contributed by atoms with Crippen LogP contribution >= 0.6 is 11.3 Å². The number of nitrogens with one attached hydrogen (secondary N) is 1. The van der Waals surface area contributed by atoms with Gasteiger partial charge in [-0.3, -0.25) is 14.4 Å². The Hall–Kier alpha value is -2.95. The summed E-state index contributed by atoms with van der Waals surface area (Å²) in [5.41, 5.74) is 0.353. The van der Waals surface area contributed by atoms with E-state index in [-0.39, 0.29) is 31.5 Å². The third-order valence-corrected chi connectivity index (χ3v) is 5.82. The monoisotopic (exact) mass is 468 g/mol. The minimum absolute atomic E-state index is 0.0545. The van der Waals surface area contributed by atoms with Crippen LogP contribution in [0.3, 0.4) is 0 Å². The number of hydrogen-bond acceptors (Lipinski definition) is 5. The highest BCUT2D eigenvalue weighted by atomic mass is 32.1. The number of amides is 3. The predicted octanol–water partition coefficient (Wildman–Crippen LogP) is 2.57. The lowest BCUT2D eigenvalue weighted by atomic mass is 10.1. The van der Waals surface area contributed by atoms with Gasteiger partial charge in [-0.05, 0) is 26.0 Å². The van der Waals surface area contributed by atoms with Gasteiger partial charge >= 0.3 is 18.0 Å². The van der Waals surface area contributed by atoms with Crippen LogP contribution in [-0.4, -0.2) is 64.7 Å². The van der Waals surface area contributed by atoms with Crippen LogP contribution in [0.5, 0.6) is 0 Å². The normalized spacial score (nSPS) is 14.6. The first kappa shape index (κ1) is 23.7. The van der Waals surface area contributed by atoms with E-state index in [0.29, 0.717) is 29.4 Å². The maximum Gasteiger partial charge on any atom is 0.416 e. The average Bonchev–Trinajstić information content (AvgIpc) is 3.20. The van der Waals surface area contributed by atoms with Crippen LogP contribution in [0.25, 0.3) is 10.6 Å². The smallest absolute Gasteiger partial charge is 0.346 e. The molecule has 1 aromatic carbocycles. The molecule has 2 aromatic rings. The molecule has 0 saturated carbocycles. The Morgan fingerprint density at radius 2 is 1.66 bits per heavy atom. The molecule has 0 radical (unpaired) electrons. The first-order valence-electron chi connectivity index (χ1n) is 10.0. The Labute approximate surface area is 187 Å². The van der Waals surface area contributed by atoms with Gasteiger partial charge in [-0.25, -0.2) is 4.98 Å². The number of aromatic nitrogens is 1. The number of halogens is 3. The summed E-state index contributed by atoms with van der Waals surface area (Å²) in [5, 5.41) is 4.80. The molecule has 3 rings (SSSR count). The second-order valence-corrected chi connectivity index (χ2v) is 8.56. The highest BCUT2D eigenvalue weighted by molar-refractivity contribution is 7.13. The predicted molar refractivity (Wildman–Crippen MR) is 113 cm³/mol. The van der Waals surface area contributed by atoms with E-state index >= 15 is 0 Å². The number of benzene rings is 1. The molecule has 2 heterocycles. The van der Waals surface area contributed by atoms with E-state index in [4.69, 9.17) is 0 Å². The van der Waals surface area contributed by atoms with Gasteiger partial charge in [-0.15, -0.1) is 11.3 Å². The van der Waals surface area contributed by atoms with Crippen molar-refractivity contribution in [2.24, 2.45) is 0 Å². The van der Waals surface area contributed by atoms with Gasteiger partial charge in [0.25, 0.3) is 0 Å². The second-order valence-electron chi connectivity index (χ2n) is 7.70. The number of alkyl halides is 3. The van der Waals surface area contributed by atoms with Crippen molar-refractivity contribution in [3.8, 4) is 10.6 Å². The molecule has 0 bridgehead atoms. The molecule has 1 aromatic heterocycles. The largest absolute Gasteiger partial charge is 0.416 e. The van der Waals surface area contributed by atoms with Crippen molar-refractivity contribution in [1.82, 2.24) is 20.1 Å². The third kappa shape index (κ3) is 5.84.